The first-order valence-corrected chi connectivity index (χ1v) is 6.30. The molecule has 19 heavy (non-hydrogen) atoms. The summed E-state index contributed by atoms with van der Waals surface area (Å²) >= 11 is 0. The Balaban J connectivity index is 1.97. The molecule has 2 N–H and O–H groups in total. The molecular weight excluding hydrogens is 234 g/mol. The maximum atomic E-state index is 5.89. The lowest BCUT2D eigenvalue weighted by Crippen LogP contribution is -2.10. The van der Waals surface area contributed by atoms with Crippen molar-refractivity contribution >= 4 is 5.76 Å². The lowest BCUT2D eigenvalue weighted by atomic mass is 9.95. The summed E-state index contributed by atoms with van der Waals surface area (Å²) in [5.74, 6) is 1.43. The predicted molar refractivity (Wildman–Crippen MR) is 77.0 cm³/mol. The highest BCUT2D eigenvalue weighted by molar-refractivity contribution is 5.63. The third-order valence-corrected chi connectivity index (χ3v) is 3.15. The molecule has 0 saturated heterocycles. The first-order valence-electron chi connectivity index (χ1n) is 6.30. The third kappa shape index (κ3) is 2.52. The second-order valence-electron chi connectivity index (χ2n) is 4.50. The predicted octanol–water partition coefficient (Wildman–Crippen LogP) is 3.64. The second-order valence-corrected chi connectivity index (χ2v) is 4.50. The van der Waals surface area contributed by atoms with Crippen LogP contribution in [0, 0.1) is 0 Å². The fourth-order valence-corrected chi connectivity index (χ4v) is 2.21. The molecule has 1 atom stereocenters. The van der Waals surface area contributed by atoms with E-state index in [1.165, 1.54) is 5.56 Å². The van der Waals surface area contributed by atoms with Crippen LogP contribution in [-0.4, -0.2) is 0 Å². The molecule has 1 heterocycles. The van der Waals surface area contributed by atoms with Crippen LogP contribution in [0.5, 0.6) is 0 Å². The fourth-order valence-electron chi connectivity index (χ4n) is 2.21. The number of hydrogen-bond donors (Lipinski definition) is 1. The van der Waals surface area contributed by atoms with Gasteiger partial charge in [0.05, 0.1) is 0 Å². The van der Waals surface area contributed by atoms with Gasteiger partial charge in [-0.2, -0.15) is 0 Å². The Bertz CT molecular complexity index is 614. The number of rotatable bonds is 2. The highest BCUT2D eigenvalue weighted by Crippen LogP contribution is 2.30. The maximum absolute atomic E-state index is 5.89. The topological polar surface area (TPSA) is 35.2 Å². The van der Waals surface area contributed by atoms with Crippen molar-refractivity contribution in [3.05, 3.63) is 89.8 Å². The molecule has 0 spiro atoms. The standard InChI is InChI=1S/C17H15NO/c18-17-12-15(13-7-3-1-4-8-13)11-16(19-17)14-9-5-2-6-10-14/h1-12,15H,18H2. The molecule has 0 fully saturated rings. The van der Waals surface area contributed by atoms with E-state index in [4.69, 9.17) is 10.5 Å². The number of benzene rings is 2. The van der Waals surface area contributed by atoms with E-state index in [9.17, 15) is 0 Å². The first-order chi connectivity index (χ1) is 9.33. The van der Waals surface area contributed by atoms with E-state index < -0.39 is 0 Å². The average Bonchev–Trinajstić information content (AvgIpc) is 2.48. The van der Waals surface area contributed by atoms with Gasteiger partial charge in [0.2, 0.25) is 0 Å². The van der Waals surface area contributed by atoms with Crippen LogP contribution >= 0.6 is 0 Å². The first kappa shape index (κ1) is 11.6. The van der Waals surface area contributed by atoms with Gasteiger partial charge in [-0.05, 0) is 17.7 Å². The van der Waals surface area contributed by atoms with Crippen LogP contribution < -0.4 is 5.73 Å². The molecule has 0 aliphatic carbocycles. The van der Waals surface area contributed by atoms with Gasteiger partial charge in [0.25, 0.3) is 0 Å². The molecule has 1 aliphatic heterocycles. The van der Waals surface area contributed by atoms with E-state index >= 15 is 0 Å². The Labute approximate surface area is 112 Å². The molecule has 3 rings (SSSR count). The fraction of sp³-hybridized carbons (Fsp3) is 0.0588. The molecule has 2 aromatic rings. The molecule has 1 unspecified atom stereocenters. The smallest absolute Gasteiger partial charge is 0.187 e. The summed E-state index contributed by atoms with van der Waals surface area (Å²) in [6, 6.07) is 20.3. The molecule has 0 radical (unpaired) electrons. The van der Waals surface area contributed by atoms with Crippen LogP contribution in [0.3, 0.4) is 0 Å². The quantitative estimate of drug-likeness (QED) is 0.881. The lowest BCUT2D eigenvalue weighted by molar-refractivity contribution is 0.365. The average molecular weight is 249 g/mol. The lowest BCUT2D eigenvalue weighted by Gasteiger charge is -2.20. The number of ether oxygens (including phenoxy) is 1. The van der Waals surface area contributed by atoms with Crippen molar-refractivity contribution in [3.63, 3.8) is 0 Å². The zero-order chi connectivity index (χ0) is 13.1. The molecule has 0 aromatic heterocycles. The minimum absolute atomic E-state index is 0.158. The summed E-state index contributed by atoms with van der Waals surface area (Å²) in [4.78, 5) is 0. The van der Waals surface area contributed by atoms with Gasteiger partial charge in [-0.25, -0.2) is 0 Å². The number of hydrogen-bond acceptors (Lipinski definition) is 2. The molecule has 94 valence electrons. The van der Waals surface area contributed by atoms with Crippen molar-refractivity contribution in [1.82, 2.24) is 0 Å². The Hall–Kier alpha value is -2.48. The van der Waals surface area contributed by atoms with Crippen molar-refractivity contribution < 1.29 is 4.74 Å². The van der Waals surface area contributed by atoms with Gasteiger partial charge in [-0.3, -0.25) is 0 Å². The molecule has 2 aromatic carbocycles. The Kier molecular flexibility index (Phi) is 3.07. The zero-order valence-electron chi connectivity index (χ0n) is 10.5. The van der Waals surface area contributed by atoms with Crippen LogP contribution in [0.15, 0.2) is 78.7 Å². The monoisotopic (exact) mass is 249 g/mol. The van der Waals surface area contributed by atoms with Gasteiger partial charge in [0.15, 0.2) is 5.88 Å². The Morgan fingerprint density at radius 2 is 1.42 bits per heavy atom. The Morgan fingerprint density at radius 3 is 2.11 bits per heavy atom. The normalized spacial score (nSPS) is 18.2. The highest BCUT2D eigenvalue weighted by atomic mass is 16.5. The largest absolute Gasteiger partial charge is 0.442 e. The van der Waals surface area contributed by atoms with Gasteiger partial charge in [0, 0.05) is 11.5 Å². The minimum Gasteiger partial charge on any atom is -0.442 e. The van der Waals surface area contributed by atoms with Gasteiger partial charge in [0.1, 0.15) is 5.76 Å². The van der Waals surface area contributed by atoms with Crippen molar-refractivity contribution in [2.45, 2.75) is 5.92 Å². The Morgan fingerprint density at radius 1 is 0.789 bits per heavy atom. The second kappa shape index (κ2) is 5.02. The van der Waals surface area contributed by atoms with Crippen molar-refractivity contribution in [2.24, 2.45) is 5.73 Å². The van der Waals surface area contributed by atoms with E-state index in [1.807, 2.05) is 54.6 Å². The van der Waals surface area contributed by atoms with Crippen molar-refractivity contribution in [3.8, 4) is 0 Å². The SMILES string of the molecule is NC1=CC(c2ccccc2)C=C(c2ccccc2)O1. The van der Waals surface area contributed by atoms with Crippen molar-refractivity contribution in [2.75, 3.05) is 0 Å². The number of nitrogens with two attached hydrogens (primary N) is 1. The molecule has 2 nitrogen and oxygen atoms in total. The van der Waals surface area contributed by atoms with Crippen LogP contribution in [0.2, 0.25) is 0 Å². The molecule has 2 heteroatoms. The molecule has 1 aliphatic rings. The highest BCUT2D eigenvalue weighted by Gasteiger charge is 2.16. The van der Waals surface area contributed by atoms with E-state index in [2.05, 4.69) is 18.2 Å². The minimum atomic E-state index is 0.158. The zero-order valence-corrected chi connectivity index (χ0v) is 10.5. The van der Waals surface area contributed by atoms with Crippen molar-refractivity contribution in [1.29, 1.82) is 0 Å². The third-order valence-electron chi connectivity index (χ3n) is 3.15. The molecular formula is C17H15NO. The van der Waals surface area contributed by atoms with E-state index in [0.717, 1.165) is 11.3 Å². The molecule has 0 saturated carbocycles. The van der Waals surface area contributed by atoms with E-state index in [0.29, 0.717) is 5.88 Å². The summed E-state index contributed by atoms with van der Waals surface area (Å²) in [7, 11) is 0. The summed E-state index contributed by atoms with van der Waals surface area (Å²) in [6.07, 6.45) is 4.03. The van der Waals surface area contributed by atoms with Crippen LogP contribution in [0.4, 0.5) is 0 Å². The van der Waals surface area contributed by atoms with Gasteiger partial charge in [-0.1, -0.05) is 60.7 Å². The summed E-state index contributed by atoms with van der Waals surface area (Å²) in [5.41, 5.74) is 8.14. The summed E-state index contributed by atoms with van der Waals surface area (Å²) in [6.45, 7) is 0. The van der Waals surface area contributed by atoms with Crippen LogP contribution in [-0.2, 0) is 4.74 Å². The summed E-state index contributed by atoms with van der Waals surface area (Å²) in [5, 5.41) is 0. The number of allylic oxidation sites excluding steroid dienone is 2. The van der Waals surface area contributed by atoms with Crippen LogP contribution in [0.1, 0.15) is 17.0 Å². The maximum Gasteiger partial charge on any atom is 0.187 e. The summed E-state index contributed by atoms with van der Waals surface area (Å²) < 4.78 is 5.62. The van der Waals surface area contributed by atoms with Gasteiger partial charge >= 0.3 is 0 Å². The van der Waals surface area contributed by atoms with E-state index in [1.54, 1.807) is 0 Å². The molecule has 0 bridgehead atoms. The van der Waals surface area contributed by atoms with Crippen LogP contribution in [0.25, 0.3) is 5.76 Å². The van der Waals surface area contributed by atoms with Gasteiger partial charge in [-0.15, -0.1) is 0 Å². The molecule has 0 amide bonds. The van der Waals surface area contributed by atoms with E-state index in [-0.39, 0.29) is 5.92 Å². The van der Waals surface area contributed by atoms with Gasteiger partial charge < -0.3 is 10.5 Å².